The summed E-state index contributed by atoms with van der Waals surface area (Å²) < 4.78 is 18.3. The van der Waals surface area contributed by atoms with Gasteiger partial charge in [-0.15, -0.1) is 0 Å². The van der Waals surface area contributed by atoms with Crippen molar-refractivity contribution in [3.8, 4) is 11.5 Å². The van der Waals surface area contributed by atoms with E-state index in [2.05, 4.69) is 4.90 Å². The molecule has 2 heterocycles. The number of nitrogens with zero attached hydrogens (tertiary/aromatic N) is 3. The number of carbonyl (C=O) groups excluding carboxylic acids is 1. The molecule has 4 rings (SSSR count). The molecule has 0 fully saturated rings. The minimum atomic E-state index is -0.212. The number of furan rings is 1. The highest BCUT2D eigenvalue weighted by Gasteiger charge is 2.25. The van der Waals surface area contributed by atoms with E-state index in [0.29, 0.717) is 36.2 Å². The molecule has 0 bridgehead atoms. The SMILES string of the molecule is CCOc1ccc2nc(N(CCCN(C)C)C(=O)c3cc4cccc(OCC)c4o3)sc2c1. The average molecular weight is 468 g/mol. The molecule has 0 saturated carbocycles. The number of aromatic nitrogens is 1. The number of amides is 1. The molecule has 0 radical (unpaired) electrons. The van der Waals surface area contributed by atoms with Crippen LogP contribution in [0.1, 0.15) is 30.8 Å². The molecule has 0 aliphatic rings. The fourth-order valence-electron chi connectivity index (χ4n) is 3.64. The molecule has 2 aromatic heterocycles. The van der Waals surface area contributed by atoms with Crippen LogP contribution >= 0.6 is 11.3 Å². The molecular formula is C25H29N3O4S. The summed E-state index contributed by atoms with van der Waals surface area (Å²) >= 11 is 1.48. The minimum absolute atomic E-state index is 0.212. The fraction of sp³-hybridized carbons (Fsp3) is 0.360. The van der Waals surface area contributed by atoms with Gasteiger partial charge >= 0.3 is 0 Å². The number of anilines is 1. The Morgan fingerprint density at radius 2 is 1.88 bits per heavy atom. The maximum Gasteiger partial charge on any atom is 0.295 e. The Balaban J connectivity index is 1.69. The van der Waals surface area contributed by atoms with Crippen molar-refractivity contribution in [3.63, 3.8) is 0 Å². The van der Waals surface area contributed by atoms with Crippen molar-refractivity contribution in [2.24, 2.45) is 0 Å². The lowest BCUT2D eigenvalue weighted by Gasteiger charge is -2.19. The Morgan fingerprint density at radius 1 is 1.06 bits per heavy atom. The number of thiazole rings is 1. The highest BCUT2D eigenvalue weighted by atomic mass is 32.1. The van der Waals surface area contributed by atoms with Crippen LogP contribution in [0.2, 0.25) is 0 Å². The van der Waals surface area contributed by atoms with Crippen LogP contribution < -0.4 is 14.4 Å². The molecule has 2 aromatic carbocycles. The second-order valence-electron chi connectivity index (χ2n) is 7.89. The third-order valence-corrected chi connectivity index (χ3v) is 6.18. The fourth-order valence-corrected chi connectivity index (χ4v) is 4.66. The van der Waals surface area contributed by atoms with Gasteiger partial charge in [0.05, 0.1) is 23.4 Å². The standard InChI is InChI=1S/C25H29N3O4S/c1-5-30-18-11-12-19-22(16-18)33-25(26-19)28(14-8-13-27(3)4)24(29)21-15-17-9-7-10-20(31-6-2)23(17)32-21/h7,9-12,15-16H,5-6,8,13-14H2,1-4H3. The number of hydrogen-bond donors (Lipinski definition) is 0. The topological polar surface area (TPSA) is 68.0 Å². The molecule has 174 valence electrons. The number of carbonyl (C=O) groups is 1. The summed E-state index contributed by atoms with van der Waals surface area (Å²) in [5.74, 6) is 1.50. The zero-order valence-electron chi connectivity index (χ0n) is 19.5. The third-order valence-electron chi connectivity index (χ3n) is 5.14. The van der Waals surface area contributed by atoms with Gasteiger partial charge in [0.15, 0.2) is 22.2 Å². The van der Waals surface area contributed by atoms with Gasteiger partial charge in [0.25, 0.3) is 5.91 Å². The van der Waals surface area contributed by atoms with Crippen LogP contribution in [0.25, 0.3) is 21.2 Å². The van der Waals surface area contributed by atoms with Crippen LogP contribution in [0.3, 0.4) is 0 Å². The van der Waals surface area contributed by atoms with Crippen LogP contribution in [0, 0.1) is 0 Å². The number of hydrogen-bond acceptors (Lipinski definition) is 7. The Hall–Kier alpha value is -3.10. The zero-order valence-corrected chi connectivity index (χ0v) is 20.3. The summed E-state index contributed by atoms with van der Waals surface area (Å²) in [7, 11) is 4.04. The van der Waals surface area contributed by atoms with E-state index in [1.807, 2.05) is 64.3 Å². The minimum Gasteiger partial charge on any atom is -0.494 e. The number of fused-ring (bicyclic) bond motifs is 2. The van der Waals surface area contributed by atoms with Gasteiger partial charge in [-0.25, -0.2) is 4.98 Å². The van der Waals surface area contributed by atoms with E-state index in [0.717, 1.165) is 34.3 Å². The summed E-state index contributed by atoms with van der Waals surface area (Å²) in [6, 6.07) is 13.2. The molecule has 0 aliphatic carbocycles. The Labute approximate surface area is 197 Å². The zero-order chi connectivity index (χ0) is 23.4. The van der Waals surface area contributed by atoms with Crippen molar-refractivity contribution >= 4 is 43.6 Å². The number of rotatable bonds is 10. The van der Waals surface area contributed by atoms with Gasteiger partial charge in [0.1, 0.15) is 5.75 Å². The molecular weight excluding hydrogens is 438 g/mol. The molecule has 1 amide bonds. The lowest BCUT2D eigenvalue weighted by molar-refractivity contribution is 0.0961. The second kappa shape index (κ2) is 10.2. The van der Waals surface area contributed by atoms with Gasteiger partial charge in [-0.1, -0.05) is 23.5 Å². The van der Waals surface area contributed by atoms with Gasteiger partial charge in [-0.3, -0.25) is 9.69 Å². The van der Waals surface area contributed by atoms with Crippen molar-refractivity contribution in [1.29, 1.82) is 0 Å². The summed E-state index contributed by atoms with van der Waals surface area (Å²) in [6.45, 7) is 6.39. The monoisotopic (exact) mass is 467 g/mol. The highest BCUT2D eigenvalue weighted by molar-refractivity contribution is 7.22. The van der Waals surface area contributed by atoms with E-state index in [1.54, 1.807) is 11.0 Å². The maximum atomic E-state index is 13.6. The Kier molecular flexibility index (Phi) is 7.15. The first-order valence-corrected chi connectivity index (χ1v) is 12.0. The first-order valence-electron chi connectivity index (χ1n) is 11.2. The quantitative estimate of drug-likeness (QED) is 0.309. The normalized spacial score (nSPS) is 11.4. The van der Waals surface area contributed by atoms with Gasteiger partial charge in [0.2, 0.25) is 0 Å². The van der Waals surface area contributed by atoms with Crippen molar-refractivity contribution in [2.75, 3.05) is 45.3 Å². The molecule has 0 N–H and O–H groups in total. The predicted octanol–water partition coefficient (Wildman–Crippen LogP) is 5.44. The third kappa shape index (κ3) is 5.12. The molecule has 0 aliphatic heterocycles. The summed E-state index contributed by atoms with van der Waals surface area (Å²) in [5.41, 5.74) is 1.42. The molecule has 7 nitrogen and oxygen atoms in total. The summed E-state index contributed by atoms with van der Waals surface area (Å²) in [4.78, 5) is 22.2. The van der Waals surface area contributed by atoms with E-state index >= 15 is 0 Å². The van der Waals surface area contributed by atoms with Crippen LogP contribution in [0.4, 0.5) is 5.13 Å². The van der Waals surface area contributed by atoms with Crippen molar-refractivity contribution in [3.05, 3.63) is 48.2 Å². The van der Waals surface area contributed by atoms with Crippen LogP contribution in [-0.4, -0.2) is 56.2 Å². The number of para-hydroxylation sites is 1. The molecule has 0 spiro atoms. The van der Waals surface area contributed by atoms with Gasteiger partial charge < -0.3 is 18.8 Å². The largest absolute Gasteiger partial charge is 0.494 e. The van der Waals surface area contributed by atoms with E-state index < -0.39 is 0 Å². The first-order chi connectivity index (χ1) is 16.0. The van der Waals surface area contributed by atoms with Crippen molar-refractivity contribution < 1.29 is 18.7 Å². The molecule has 4 aromatic rings. The van der Waals surface area contributed by atoms with Gasteiger partial charge in [-0.2, -0.15) is 0 Å². The molecule has 0 unspecified atom stereocenters. The highest BCUT2D eigenvalue weighted by Crippen LogP contribution is 2.34. The van der Waals surface area contributed by atoms with E-state index in [-0.39, 0.29) is 11.7 Å². The smallest absolute Gasteiger partial charge is 0.295 e. The Morgan fingerprint density at radius 3 is 2.64 bits per heavy atom. The number of ether oxygens (including phenoxy) is 2. The Bertz CT molecular complexity index is 1250. The summed E-state index contributed by atoms with van der Waals surface area (Å²) in [5, 5.41) is 1.48. The second-order valence-corrected chi connectivity index (χ2v) is 8.90. The van der Waals surface area contributed by atoms with Crippen LogP contribution in [0.5, 0.6) is 11.5 Å². The number of benzene rings is 2. The van der Waals surface area contributed by atoms with Crippen LogP contribution in [-0.2, 0) is 0 Å². The maximum absolute atomic E-state index is 13.6. The summed E-state index contributed by atoms with van der Waals surface area (Å²) in [6.07, 6.45) is 0.809. The van der Waals surface area contributed by atoms with Gasteiger partial charge in [0, 0.05) is 11.9 Å². The van der Waals surface area contributed by atoms with Crippen molar-refractivity contribution in [1.82, 2.24) is 9.88 Å². The predicted molar refractivity (Wildman–Crippen MR) is 133 cm³/mol. The molecule has 0 atom stereocenters. The lowest BCUT2D eigenvalue weighted by Crippen LogP contribution is -2.33. The molecule has 8 heteroatoms. The molecule has 0 saturated heterocycles. The first kappa shape index (κ1) is 23.1. The van der Waals surface area contributed by atoms with Gasteiger partial charge in [-0.05, 0) is 71.2 Å². The van der Waals surface area contributed by atoms with E-state index in [4.69, 9.17) is 18.9 Å². The van der Waals surface area contributed by atoms with E-state index in [1.165, 1.54) is 11.3 Å². The molecule has 33 heavy (non-hydrogen) atoms. The lowest BCUT2D eigenvalue weighted by atomic mass is 10.2. The average Bonchev–Trinajstić information content (AvgIpc) is 3.41. The van der Waals surface area contributed by atoms with Crippen LogP contribution in [0.15, 0.2) is 46.9 Å². The van der Waals surface area contributed by atoms with Crippen molar-refractivity contribution in [2.45, 2.75) is 20.3 Å². The van der Waals surface area contributed by atoms with E-state index in [9.17, 15) is 4.79 Å².